The number of ether oxygens (including phenoxy) is 1. The summed E-state index contributed by atoms with van der Waals surface area (Å²) in [4.78, 5) is 23.9. The molecule has 24 heavy (non-hydrogen) atoms. The van der Waals surface area contributed by atoms with E-state index >= 15 is 0 Å². The lowest BCUT2D eigenvalue weighted by Crippen LogP contribution is -2.41. The number of carbonyl (C=O) groups is 2. The highest BCUT2D eigenvalue weighted by Crippen LogP contribution is 2.13. The molecule has 132 valence electrons. The van der Waals surface area contributed by atoms with Crippen molar-refractivity contribution < 1.29 is 23.1 Å². The van der Waals surface area contributed by atoms with Crippen LogP contribution in [0.4, 0.5) is 8.78 Å². The third kappa shape index (κ3) is 6.10. The first kappa shape index (κ1) is 19.8. The monoisotopic (exact) mass is 339 g/mol. The fourth-order valence-electron chi connectivity index (χ4n) is 2.30. The second-order valence-electron chi connectivity index (χ2n) is 5.43. The molecule has 1 aromatic carbocycles. The van der Waals surface area contributed by atoms with Crippen molar-refractivity contribution in [2.75, 3.05) is 7.11 Å². The van der Waals surface area contributed by atoms with Crippen LogP contribution in [-0.2, 0) is 9.53 Å². The van der Waals surface area contributed by atoms with E-state index in [-0.39, 0.29) is 0 Å². The molecule has 0 aliphatic carbocycles. The number of amides is 1. The van der Waals surface area contributed by atoms with Crippen molar-refractivity contribution in [3.8, 4) is 0 Å². The second kappa shape index (κ2) is 10.5. The Labute approximate surface area is 140 Å². The molecule has 0 saturated carbocycles. The summed E-state index contributed by atoms with van der Waals surface area (Å²) in [5.41, 5.74) is -0.435. The smallest absolute Gasteiger partial charge is 0.328 e. The molecule has 0 radical (unpaired) electrons. The van der Waals surface area contributed by atoms with Crippen LogP contribution in [-0.4, -0.2) is 25.0 Å². The van der Waals surface area contributed by atoms with Crippen LogP contribution in [0.25, 0.3) is 0 Å². The molecule has 0 unspecified atom stereocenters. The maximum atomic E-state index is 13.7. The Bertz CT molecular complexity index is 575. The van der Waals surface area contributed by atoms with Crippen LogP contribution in [0.15, 0.2) is 30.9 Å². The summed E-state index contributed by atoms with van der Waals surface area (Å²) >= 11 is 0. The molecule has 0 spiro atoms. The number of halogens is 2. The van der Waals surface area contributed by atoms with Gasteiger partial charge in [0.1, 0.15) is 6.04 Å². The van der Waals surface area contributed by atoms with Crippen LogP contribution in [0, 0.1) is 11.6 Å². The largest absolute Gasteiger partial charge is 0.467 e. The van der Waals surface area contributed by atoms with E-state index in [0.29, 0.717) is 12.8 Å². The van der Waals surface area contributed by atoms with E-state index < -0.39 is 35.1 Å². The van der Waals surface area contributed by atoms with E-state index in [9.17, 15) is 18.4 Å². The van der Waals surface area contributed by atoms with Gasteiger partial charge in [0.2, 0.25) is 0 Å². The van der Waals surface area contributed by atoms with Gasteiger partial charge in [-0.2, -0.15) is 0 Å². The van der Waals surface area contributed by atoms with Crippen molar-refractivity contribution in [2.24, 2.45) is 0 Å². The van der Waals surface area contributed by atoms with Gasteiger partial charge in [0.05, 0.1) is 12.7 Å². The minimum absolute atomic E-state index is 0.378. The van der Waals surface area contributed by atoms with Crippen molar-refractivity contribution >= 4 is 11.9 Å². The molecule has 0 fully saturated rings. The Balaban J connectivity index is 2.62. The van der Waals surface area contributed by atoms with Gasteiger partial charge in [-0.3, -0.25) is 4.79 Å². The third-order valence-corrected chi connectivity index (χ3v) is 3.64. The van der Waals surface area contributed by atoms with Gasteiger partial charge in [-0.05, 0) is 31.4 Å². The third-order valence-electron chi connectivity index (χ3n) is 3.64. The number of esters is 1. The molecular weight excluding hydrogens is 316 g/mol. The van der Waals surface area contributed by atoms with E-state index in [2.05, 4.69) is 16.6 Å². The highest BCUT2D eigenvalue weighted by atomic mass is 19.2. The first-order valence-corrected chi connectivity index (χ1v) is 7.94. The molecule has 1 aromatic rings. The highest BCUT2D eigenvalue weighted by molar-refractivity contribution is 5.97. The predicted molar refractivity (Wildman–Crippen MR) is 87.5 cm³/mol. The topological polar surface area (TPSA) is 55.4 Å². The number of rotatable bonds is 10. The maximum absolute atomic E-state index is 13.7. The molecule has 0 heterocycles. The van der Waals surface area contributed by atoms with Crippen molar-refractivity contribution in [1.82, 2.24) is 5.32 Å². The standard InChI is InChI=1S/C18H23F2NO3/c1-3-4-5-6-7-8-12-15(18(23)24-2)21-17(22)13-10-9-11-14(19)16(13)20/h3,9-11,15H,1,4-8,12H2,2H3,(H,21,22)/t15-/m0/s1. The lowest BCUT2D eigenvalue weighted by atomic mass is 10.1. The lowest BCUT2D eigenvalue weighted by Gasteiger charge is -2.16. The van der Waals surface area contributed by atoms with Gasteiger partial charge in [-0.15, -0.1) is 6.58 Å². The van der Waals surface area contributed by atoms with E-state index in [1.165, 1.54) is 13.2 Å². The molecular formula is C18H23F2NO3. The zero-order valence-electron chi connectivity index (χ0n) is 13.8. The number of methoxy groups -OCH3 is 1. The Morgan fingerprint density at radius 1 is 1.25 bits per heavy atom. The Hall–Kier alpha value is -2.24. The summed E-state index contributed by atoms with van der Waals surface area (Å²) in [6, 6.07) is 2.44. The van der Waals surface area contributed by atoms with Gasteiger partial charge in [-0.1, -0.05) is 31.4 Å². The number of hydrogen-bond donors (Lipinski definition) is 1. The molecule has 0 bridgehead atoms. The average molecular weight is 339 g/mol. The number of benzene rings is 1. The van der Waals surface area contributed by atoms with Gasteiger partial charge in [0.15, 0.2) is 11.6 Å². The van der Waals surface area contributed by atoms with Crippen molar-refractivity contribution in [2.45, 2.75) is 44.6 Å². The van der Waals surface area contributed by atoms with E-state index in [4.69, 9.17) is 0 Å². The number of nitrogens with one attached hydrogen (secondary N) is 1. The van der Waals surface area contributed by atoms with Crippen LogP contribution in [0.1, 0.15) is 48.9 Å². The summed E-state index contributed by atoms with van der Waals surface area (Å²) < 4.78 is 31.5. The summed E-state index contributed by atoms with van der Waals surface area (Å²) in [5, 5.41) is 2.42. The second-order valence-corrected chi connectivity index (χ2v) is 5.43. The van der Waals surface area contributed by atoms with Gasteiger partial charge in [-0.25, -0.2) is 13.6 Å². The quantitative estimate of drug-likeness (QED) is 0.401. The number of hydrogen-bond acceptors (Lipinski definition) is 3. The first-order valence-electron chi connectivity index (χ1n) is 7.94. The summed E-state index contributed by atoms with van der Waals surface area (Å²) in [6.07, 6.45) is 6.79. The van der Waals surface area contributed by atoms with E-state index in [1.54, 1.807) is 0 Å². The number of carbonyl (C=O) groups excluding carboxylic acids is 2. The molecule has 0 aliphatic heterocycles. The normalized spacial score (nSPS) is 11.6. The molecule has 1 atom stereocenters. The van der Waals surface area contributed by atoms with Crippen LogP contribution < -0.4 is 5.32 Å². The van der Waals surface area contributed by atoms with E-state index in [0.717, 1.165) is 37.8 Å². The molecule has 1 N–H and O–H groups in total. The minimum atomic E-state index is -1.23. The zero-order chi connectivity index (χ0) is 17.9. The molecule has 0 aromatic heterocycles. The van der Waals surface area contributed by atoms with Crippen LogP contribution >= 0.6 is 0 Å². The first-order chi connectivity index (χ1) is 11.5. The van der Waals surface area contributed by atoms with Gasteiger partial charge in [0, 0.05) is 0 Å². The predicted octanol–water partition coefficient (Wildman–Crippen LogP) is 3.76. The molecule has 1 rings (SSSR count). The molecule has 0 aliphatic rings. The molecule has 6 heteroatoms. The molecule has 4 nitrogen and oxygen atoms in total. The highest BCUT2D eigenvalue weighted by Gasteiger charge is 2.23. The fourth-order valence-corrected chi connectivity index (χ4v) is 2.30. The summed E-state index contributed by atoms with van der Waals surface area (Å²) in [7, 11) is 1.22. The molecule has 0 saturated heterocycles. The minimum Gasteiger partial charge on any atom is -0.467 e. The van der Waals surface area contributed by atoms with Crippen molar-refractivity contribution in [1.29, 1.82) is 0 Å². The summed E-state index contributed by atoms with van der Waals surface area (Å²) in [5.74, 6) is -3.79. The fraction of sp³-hybridized carbons (Fsp3) is 0.444. The SMILES string of the molecule is C=CCCCCCC[C@H](NC(=O)c1cccc(F)c1F)C(=O)OC. The Morgan fingerprint density at radius 2 is 1.96 bits per heavy atom. The lowest BCUT2D eigenvalue weighted by molar-refractivity contribution is -0.143. The van der Waals surface area contributed by atoms with Gasteiger partial charge in [0.25, 0.3) is 5.91 Å². The van der Waals surface area contributed by atoms with Crippen molar-refractivity contribution in [3.63, 3.8) is 0 Å². The Kier molecular flexibility index (Phi) is 8.68. The summed E-state index contributed by atoms with van der Waals surface area (Å²) in [6.45, 7) is 3.65. The number of allylic oxidation sites excluding steroid dienone is 1. The van der Waals surface area contributed by atoms with Crippen LogP contribution in [0.5, 0.6) is 0 Å². The van der Waals surface area contributed by atoms with Gasteiger partial charge < -0.3 is 10.1 Å². The van der Waals surface area contributed by atoms with Crippen LogP contribution in [0.3, 0.4) is 0 Å². The van der Waals surface area contributed by atoms with Crippen molar-refractivity contribution in [3.05, 3.63) is 48.1 Å². The van der Waals surface area contributed by atoms with Gasteiger partial charge >= 0.3 is 5.97 Å². The zero-order valence-corrected chi connectivity index (χ0v) is 13.8. The Morgan fingerprint density at radius 3 is 2.62 bits per heavy atom. The van der Waals surface area contributed by atoms with Crippen LogP contribution in [0.2, 0.25) is 0 Å². The van der Waals surface area contributed by atoms with E-state index in [1.807, 2.05) is 6.08 Å². The maximum Gasteiger partial charge on any atom is 0.328 e. The number of unbranched alkanes of at least 4 members (excludes halogenated alkanes) is 4. The molecule has 1 amide bonds. The average Bonchev–Trinajstić information content (AvgIpc) is 2.58.